The molecule has 0 rings (SSSR count). The smallest absolute Gasteiger partial charge is 0.181 e. The molecule has 0 fully saturated rings. The summed E-state index contributed by atoms with van der Waals surface area (Å²) in [5, 5.41) is 14.5. The fourth-order valence-corrected chi connectivity index (χ4v) is 0.354. The molecule has 0 aromatic rings. The fraction of sp³-hybridized carbons (Fsp3) is 0.714. The second-order valence-corrected chi connectivity index (χ2v) is 1.58. The summed E-state index contributed by atoms with van der Waals surface area (Å²) in [5.41, 5.74) is 0. The molecule has 0 N–H and O–H groups in total. The van der Waals surface area contributed by atoms with Crippen LogP contribution >= 0.6 is 0 Å². The number of hydrogen-bond donors (Lipinski definition) is 0. The molecule has 0 aromatic heterocycles. The van der Waals surface area contributed by atoms with E-state index in [4.69, 9.17) is 10.5 Å². The molecule has 9 heavy (non-hydrogen) atoms. The standard InChI is InChI=1S/C5H12.C2N2/c1-3-5-4-2;3-1-2-4/h3-5H2,1-2H3;. The van der Waals surface area contributed by atoms with Crippen LogP contribution in [0.25, 0.3) is 0 Å². The molecule has 0 heterocycles. The van der Waals surface area contributed by atoms with Crippen LogP contribution in [0.1, 0.15) is 33.1 Å². The van der Waals surface area contributed by atoms with Crippen LogP contribution in [0.15, 0.2) is 0 Å². The lowest BCUT2D eigenvalue weighted by atomic mass is 10.3. The molecule has 0 saturated heterocycles. The second kappa shape index (κ2) is 15.8. The van der Waals surface area contributed by atoms with Gasteiger partial charge >= 0.3 is 0 Å². The molecule has 0 aliphatic carbocycles. The monoisotopic (exact) mass is 124 g/mol. The molecule has 0 unspecified atom stereocenters. The first-order valence-electron chi connectivity index (χ1n) is 3.11. The van der Waals surface area contributed by atoms with E-state index in [1.165, 1.54) is 31.4 Å². The zero-order chi connectivity index (χ0) is 7.54. The predicted molar refractivity (Wildman–Crippen MR) is 36.4 cm³/mol. The molecule has 0 bridgehead atoms. The summed E-state index contributed by atoms with van der Waals surface area (Å²) >= 11 is 0. The van der Waals surface area contributed by atoms with Crippen molar-refractivity contribution >= 4 is 0 Å². The van der Waals surface area contributed by atoms with Gasteiger partial charge in [0, 0.05) is 0 Å². The minimum absolute atomic E-state index is 1.24. The minimum Gasteiger partial charge on any atom is -0.181 e. The highest BCUT2D eigenvalue weighted by atomic mass is 14.3. The number of unbranched alkanes of at least 4 members (excludes halogenated alkanes) is 2. The quantitative estimate of drug-likeness (QED) is 0.566. The third-order valence-electron chi connectivity index (χ3n) is 0.757. The Hall–Kier alpha value is -1.02. The van der Waals surface area contributed by atoms with E-state index in [1.807, 2.05) is 0 Å². The summed E-state index contributed by atoms with van der Waals surface area (Å²) in [6.45, 7) is 4.42. The van der Waals surface area contributed by atoms with Crippen molar-refractivity contribution in [3.05, 3.63) is 0 Å². The third-order valence-corrected chi connectivity index (χ3v) is 0.757. The van der Waals surface area contributed by atoms with Gasteiger partial charge < -0.3 is 0 Å². The van der Waals surface area contributed by atoms with Gasteiger partial charge in [0.15, 0.2) is 12.1 Å². The summed E-state index contributed by atoms with van der Waals surface area (Å²) in [5.74, 6) is 0. The van der Waals surface area contributed by atoms with Crippen LogP contribution in [-0.4, -0.2) is 0 Å². The highest BCUT2D eigenvalue weighted by molar-refractivity contribution is 4.99. The minimum atomic E-state index is 1.24. The molecule has 0 aliphatic rings. The predicted octanol–water partition coefficient (Wildman–Crippen LogP) is 2.23. The maximum atomic E-state index is 7.26. The number of nitriles is 2. The van der Waals surface area contributed by atoms with Gasteiger partial charge in [0.1, 0.15) is 0 Å². The Morgan fingerprint density at radius 3 is 1.33 bits per heavy atom. The van der Waals surface area contributed by atoms with Crippen molar-refractivity contribution in [1.29, 1.82) is 10.5 Å². The molecular formula is C7H12N2. The van der Waals surface area contributed by atoms with Gasteiger partial charge in [-0.1, -0.05) is 33.1 Å². The van der Waals surface area contributed by atoms with E-state index in [1.54, 1.807) is 0 Å². The summed E-state index contributed by atoms with van der Waals surface area (Å²) in [7, 11) is 0. The van der Waals surface area contributed by atoms with E-state index >= 15 is 0 Å². The fourth-order valence-electron chi connectivity index (χ4n) is 0.354. The van der Waals surface area contributed by atoms with Gasteiger partial charge in [-0.3, -0.25) is 0 Å². The second-order valence-electron chi connectivity index (χ2n) is 1.58. The Balaban J connectivity index is 0. The molecule has 0 aromatic carbocycles. The lowest BCUT2D eigenvalue weighted by molar-refractivity contribution is 0.772. The van der Waals surface area contributed by atoms with Gasteiger partial charge in [-0.15, -0.1) is 0 Å². The molecule has 2 heteroatoms. The summed E-state index contributed by atoms with van der Waals surface area (Å²) in [4.78, 5) is 0. The molecule has 0 spiro atoms. The third kappa shape index (κ3) is 44.2. The van der Waals surface area contributed by atoms with Crippen molar-refractivity contribution in [2.75, 3.05) is 0 Å². The molecule has 0 radical (unpaired) electrons. The average molecular weight is 124 g/mol. The Labute approximate surface area is 56.7 Å². The van der Waals surface area contributed by atoms with Gasteiger partial charge in [0.05, 0.1) is 0 Å². The van der Waals surface area contributed by atoms with Crippen LogP contribution in [0.4, 0.5) is 0 Å². The van der Waals surface area contributed by atoms with Gasteiger partial charge in [-0.05, 0) is 0 Å². The van der Waals surface area contributed by atoms with E-state index in [9.17, 15) is 0 Å². The topological polar surface area (TPSA) is 47.6 Å². The molecule has 0 aliphatic heterocycles. The van der Waals surface area contributed by atoms with Gasteiger partial charge in [0.25, 0.3) is 0 Å². The summed E-state index contributed by atoms with van der Waals surface area (Å²) < 4.78 is 0. The van der Waals surface area contributed by atoms with Gasteiger partial charge in [-0.25, -0.2) is 0 Å². The molecule has 0 amide bonds. The Kier molecular flexibility index (Phi) is 19.0. The van der Waals surface area contributed by atoms with E-state index < -0.39 is 0 Å². The normalized spacial score (nSPS) is 5.78. The van der Waals surface area contributed by atoms with Crippen LogP contribution in [0.5, 0.6) is 0 Å². The molecule has 2 nitrogen and oxygen atoms in total. The average Bonchev–Trinajstić information content (AvgIpc) is 1.91. The van der Waals surface area contributed by atoms with Crippen LogP contribution in [-0.2, 0) is 0 Å². The largest absolute Gasteiger partial charge is 0.181 e. The maximum absolute atomic E-state index is 7.26. The number of hydrogen-bond acceptors (Lipinski definition) is 2. The first-order chi connectivity index (χ1) is 4.33. The molecular weight excluding hydrogens is 112 g/mol. The van der Waals surface area contributed by atoms with Crippen molar-refractivity contribution in [2.24, 2.45) is 0 Å². The van der Waals surface area contributed by atoms with Gasteiger partial charge in [0.2, 0.25) is 0 Å². The van der Waals surface area contributed by atoms with Crippen molar-refractivity contribution in [3.8, 4) is 12.1 Å². The van der Waals surface area contributed by atoms with Crippen molar-refractivity contribution in [3.63, 3.8) is 0 Å². The van der Waals surface area contributed by atoms with E-state index in [2.05, 4.69) is 13.8 Å². The first-order valence-corrected chi connectivity index (χ1v) is 3.11. The first kappa shape index (κ1) is 10.9. The van der Waals surface area contributed by atoms with E-state index in [0.29, 0.717) is 0 Å². The number of rotatable bonds is 2. The van der Waals surface area contributed by atoms with E-state index in [-0.39, 0.29) is 0 Å². The lowest BCUT2D eigenvalue weighted by Gasteiger charge is -1.79. The molecule has 50 valence electrons. The van der Waals surface area contributed by atoms with Crippen LogP contribution < -0.4 is 0 Å². The summed E-state index contributed by atoms with van der Waals surface area (Å²) in [6, 6.07) is 2.47. The Morgan fingerprint density at radius 1 is 1.00 bits per heavy atom. The van der Waals surface area contributed by atoms with Crippen molar-refractivity contribution < 1.29 is 0 Å². The molecule has 0 saturated carbocycles. The zero-order valence-electron chi connectivity index (χ0n) is 6.02. The van der Waals surface area contributed by atoms with Crippen LogP contribution in [0, 0.1) is 22.7 Å². The SMILES string of the molecule is CCCCC.N#CC#N. The van der Waals surface area contributed by atoms with E-state index in [0.717, 1.165) is 0 Å². The maximum Gasteiger partial charge on any atom is 0.181 e. The summed E-state index contributed by atoms with van der Waals surface area (Å²) in [6.07, 6.45) is 4.08. The van der Waals surface area contributed by atoms with Crippen molar-refractivity contribution in [1.82, 2.24) is 0 Å². The van der Waals surface area contributed by atoms with Crippen molar-refractivity contribution in [2.45, 2.75) is 33.1 Å². The highest BCUT2D eigenvalue weighted by Crippen LogP contribution is 1.88. The lowest BCUT2D eigenvalue weighted by Crippen LogP contribution is -1.59. The van der Waals surface area contributed by atoms with Crippen LogP contribution in [0.3, 0.4) is 0 Å². The Morgan fingerprint density at radius 2 is 1.33 bits per heavy atom. The highest BCUT2D eigenvalue weighted by Gasteiger charge is 1.68. The van der Waals surface area contributed by atoms with Crippen LogP contribution in [0.2, 0.25) is 0 Å². The Bertz CT molecular complexity index is 91.1. The van der Waals surface area contributed by atoms with Gasteiger partial charge in [-0.2, -0.15) is 10.5 Å². The zero-order valence-corrected chi connectivity index (χ0v) is 6.02. The number of nitrogens with zero attached hydrogens (tertiary/aromatic N) is 2. The molecule has 0 atom stereocenters.